The lowest BCUT2D eigenvalue weighted by atomic mass is 10.2. The molecule has 1 unspecified atom stereocenters. The minimum Gasteiger partial charge on any atom is -0.444 e. The topological polar surface area (TPSA) is 59.5 Å². The average Bonchev–Trinajstić information content (AvgIpc) is 2.69. The normalized spacial score (nSPS) is 12.9. The standard InChI is InChI=1S/C11H16N2O3S/c1-11(2,3)16-10(15)13(4)9(5-14)8-6-17-7-12-8/h5-7,9H,1-4H3. The molecular weight excluding hydrogens is 240 g/mol. The van der Waals surface area contributed by atoms with E-state index in [0.29, 0.717) is 12.0 Å². The maximum Gasteiger partial charge on any atom is 0.410 e. The van der Waals surface area contributed by atoms with Crippen LogP contribution in [0.25, 0.3) is 0 Å². The van der Waals surface area contributed by atoms with Crippen molar-refractivity contribution < 1.29 is 14.3 Å². The Morgan fingerprint density at radius 1 is 1.59 bits per heavy atom. The number of carbonyl (C=O) groups is 2. The molecule has 0 aliphatic carbocycles. The Bertz CT molecular complexity index is 384. The van der Waals surface area contributed by atoms with Crippen LogP contribution in [0.3, 0.4) is 0 Å². The molecule has 1 rings (SSSR count). The monoisotopic (exact) mass is 256 g/mol. The SMILES string of the molecule is CN(C(=O)OC(C)(C)C)C(C=O)c1cscn1. The minimum absolute atomic E-state index is 0.539. The first-order chi connectivity index (χ1) is 7.85. The zero-order valence-electron chi connectivity index (χ0n) is 10.3. The molecule has 1 amide bonds. The van der Waals surface area contributed by atoms with Gasteiger partial charge in [-0.25, -0.2) is 9.78 Å². The number of ether oxygens (including phenoxy) is 1. The Hall–Kier alpha value is -1.43. The summed E-state index contributed by atoms with van der Waals surface area (Å²) in [4.78, 5) is 28.1. The van der Waals surface area contributed by atoms with Crippen LogP contribution in [0.5, 0.6) is 0 Å². The number of thiazole rings is 1. The third-order valence-corrected chi connectivity index (χ3v) is 2.59. The van der Waals surface area contributed by atoms with Crippen molar-refractivity contribution in [1.82, 2.24) is 9.88 Å². The van der Waals surface area contributed by atoms with Crippen LogP contribution in [-0.4, -0.2) is 34.9 Å². The minimum atomic E-state index is -0.698. The number of aldehydes is 1. The number of aromatic nitrogens is 1. The van der Waals surface area contributed by atoms with Crippen LogP contribution in [0.4, 0.5) is 4.79 Å². The summed E-state index contributed by atoms with van der Waals surface area (Å²) < 4.78 is 5.18. The van der Waals surface area contributed by atoms with E-state index in [-0.39, 0.29) is 0 Å². The third kappa shape index (κ3) is 3.81. The summed E-state index contributed by atoms with van der Waals surface area (Å²) in [7, 11) is 1.52. The highest BCUT2D eigenvalue weighted by atomic mass is 32.1. The van der Waals surface area contributed by atoms with Gasteiger partial charge in [0.15, 0.2) is 0 Å². The quantitative estimate of drug-likeness (QED) is 0.778. The molecule has 0 bridgehead atoms. The largest absolute Gasteiger partial charge is 0.444 e. The molecule has 5 nitrogen and oxygen atoms in total. The summed E-state index contributed by atoms with van der Waals surface area (Å²) in [6.45, 7) is 5.33. The predicted octanol–water partition coefficient (Wildman–Crippen LogP) is 2.25. The van der Waals surface area contributed by atoms with Crippen molar-refractivity contribution in [2.45, 2.75) is 32.4 Å². The molecule has 0 fully saturated rings. The van der Waals surface area contributed by atoms with Crippen LogP contribution in [0.1, 0.15) is 32.5 Å². The van der Waals surface area contributed by atoms with Crippen molar-refractivity contribution in [3.63, 3.8) is 0 Å². The predicted molar refractivity (Wildman–Crippen MR) is 64.9 cm³/mol. The highest BCUT2D eigenvalue weighted by molar-refractivity contribution is 7.07. The van der Waals surface area contributed by atoms with Gasteiger partial charge in [0.05, 0.1) is 11.2 Å². The number of amides is 1. The second kappa shape index (κ2) is 5.27. The molecule has 1 atom stereocenters. The second-order valence-corrected chi connectivity index (χ2v) is 5.30. The number of carbonyl (C=O) groups excluding carboxylic acids is 2. The lowest BCUT2D eigenvalue weighted by Gasteiger charge is -2.27. The van der Waals surface area contributed by atoms with E-state index in [4.69, 9.17) is 4.74 Å². The fourth-order valence-electron chi connectivity index (χ4n) is 1.17. The van der Waals surface area contributed by atoms with Crippen molar-refractivity contribution in [2.24, 2.45) is 0 Å². The molecule has 0 saturated heterocycles. The second-order valence-electron chi connectivity index (χ2n) is 4.59. The molecule has 1 heterocycles. The fourth-order valence-corrected chi connectivity index (χ4v) is 1.76. The van der Waals surface area contributed by atoms with Gasteiger partial charge < -0.3 is 9.53 Å². The molecule has 0 saturated carbocycles. The molecular formula is C11H16N2O3S. The van der Waals surface area contributed by atoms with Crippen molar-refractivity contribution in [2.75, 3.05) is 7.05 Å². The third-order valence-electron chi connectivity index (χ3n) is 1.98. The smallest absolute Gasteiger partial charge is 0.410 e. The molecule has 17 heavy (non-hydrogen) atoms. The maximum absolute atomic E-state index is 11.8. The molecule has 1 aromatic heterocycles. The summed E-state index contributed by atoms with van der Waals surface area (Å²) in [5.74, 6) is 0. The van der Waals surface area contributed by atoms with E-state index < -0.39 is 17.7 Å². The van der Waals surface area contributed by atoms with Crippen molar-refractivity contribution in [3.8, 4) is 0 Å². The molecule has 6 heteroatoms. The fraction of sp³-hybridized carbons (Fsp3) is 0.545. The number of rotatable bonds is 3. The summed E-state index contributed by atoms with van der Waals surface area (Å²) >= 11 is 1.38. The molecule has 0 N–H and O–H groups in total. The van der Waals surface area contributed by atoms with Crippen molar-refractivity contribution >= 4 is 23.7 Å². The van der Waals surface area contributed by atoms with E-state index in [1.807, 2.05) is 0 Å². The van der Waals surface area contributed by atoms with E-state index in [2.05, 4.69) is 4.98 Å². The zero-order chi connectivity index (χ0) is 13.1. The van der Waals surface area contributed by atoms with Gasteiger partial charge in [0.2, 0.25) is 0 Å². The van der Waals surface area contributed by atoms with Crippen molar-refractivity contribution in [1.29, 1.82) is 0 Å². The average molecular weight is 256 g/mol. The van der Waals surface area contributed by atoms with Gasteiger partial charge in [-0.1, -0.05) is 0 Å². The van der Waals surface area contributed by atoms with Crippen LogP contribution in [0.15, 0.2) is 10.9 Å². The van der Waals surface area contributed by atoms with Crippen LogP contribution in [-0.2, 0) is 9.53 Å². The Labute approximate surface area is 104 Å². The zero-order valence-corrected chi connectivity index (χ0v) is 11.2. The molecule has 94 valence electrons. The van der Waals surface area contributed by atoms with Gasteiger partial charge in [-0.05, 0) is 20.8 Å². The summed E-state index contributed by atoms with van der Waals surface area (Å²) in [5, 5.41) is 1.74. The molecule has 1 aromatic rings. The Kier molecular flexibility index (Phi) is 4.22. The van der Waals surface area contributed by atoms with Crippen LogP contribution >= 0.6 is 11.3 Å². The van der Waals surface area contributed by atoms with E-state index in [1.54, 1.807) is 31.7 Å². The lowest BCUT2D eigenvalue weighted by Crippen LogP contribution is -2.37. The highest BCUT2D eigenvalue weighted by Crippen LogP contribution is 2.19. The summed E-state index contributed by atoms with van der Waals surface area (Å²) in [5.41, 5.74) is 1.59. The summed E-state index contributed by atoms with van der Waals surface area (Å²) in [6, 6.07) is -0.698. The molecule has 0 radical (unpaired) electrons. The van der Waals surface area contributed by atoms with Crippen LogP contribution in [0, 0.1) is 0 Å². The Balaban J connectivity index is 2.77. The van der Waals surface area contributed by atoms with Gasteiger partial charge in [-0.15, -0.1) is 11.3 Å². The summed E-state index contributed by atoms with van der Waals surface area (Å²) in [6.07, 6.45) is 0.140. The molecule has 0 spiro atoms. The van der Waals surface area contributed by atoms with E-state index in [1.165, 1.54) is 23.3 Å². The van der Waals surface area contributed by atoms with Gasteiger partial charge >= 0.3 is 6.09 Å². The van der Waals surface area contributed by atoms with Crippen molar-refractivity contribution in [3.05, 3.63) is 16.6 Å². The maximum atomic E-state index is 11.8. The van der Waals surface area contributed by atoms with E-state index in [0.717, 1.165) is 0 Å². The van der Waals surface area contributed by atoms with Gasteiger partial charge in [0, 0.05) is 12.4 Å². The van der Waals surface area contributed by atoms with E-state index >= 15 is 0 Å². The Morgan fingerprint density at radius 3 is 2.65 bits per heavy atom. The van der Waals surface area contributed by atoms with Crippen LogP contribution in [0.2, 0.25) is 0 Å². The number of hydrogen-bond acceptors (Lipinski definition) is 5. The first kappa shape index (κ1) is 13.6. The van der Waals surface area contributed by atoms with Gasteiger partial charge in [0.25, 0.3) is 0 Å². The van der Waals surface area contributed by atoms with Gasteiger partial charge in [0.1, 0.15) is 17.9 Å². The molecule has 0 aromatic carbocycles. The van der Waals surface area contributed by atoms with Gasteiger partial charge in [-0.3, -0.25) is 4.90 Å². The molecule has 0 aliphatic rings. The van der Waals surface area contributed by atoms with E-state index in [9.17, 15) is 9.59 Å². The molecule has 0 aliphatic heterocycles. The first-order valence-corrected chi connectivity index (χ1v) is 6.08. The first-order valence-electron chi connectivity index (χ1n) is 5.14. The van der Waals surface area contributed by atoms with Crippen LogP contribution < -0.4 is 0 Å². The number of nitrogens with zero attached hydrogens (tertiary/aromatic N) is 2. The number of likely N-dealkylation sites (N-methyl/N-ethyl adjacent to an activating group) is 1. The number of hydrogen-bond donors (Lipinski definition) is 0. The Morgan fingerprint density at radius 2 is 2.24 bits per heavy atom. The highest BCUT2D eigenvalue weighted by Gasteiger charge is 2.27. The lowest BCUT2D eigenvalue weighted by molar-refractivity contribution is -0.112. The van der Waals surface area contributed by atoms with Gasteiger partial charge in [-0.2, -0.15) is 0 Å².